The molecule has 1 aliphatic rings. The van der Waals surface area contributed by atoms with Gasteiger partial charge in [-0.1, -0.05) is 0 Å². The van der Waals surface area contributed by atoms with E-state index < -0.39 is 0 Å². The number of ether oxygens (including phenoxy) is 2. The molecule has 2 rings (SSSR count). The first-order chi connectivity index (χ1) is 8.74. The summed E-state index contributed by atoms with van der Waals surface area (Å²) < 4.78 is 10.4. The summed E-state index contributed by atoms with van der Waals surface area (Å²) >= 11 is 0. The molecule has 98 valence electrons. The summed E-state index contributed by atoms with van der Waals surface area (Å²) in [5, 5.41) is 6.03. The molecular weight excluding hydrogens is 232 g/mol. The van der Waals surface area contributed by atoms with Crippen molar-refractivity contribution in [3.05, 3.63) is 18.2 Å². The van der Waals surface area contributed by atoms with Crippen LogP contribution >= 0.6 is 0 Å². The van der Waals surface area contributed by atoms with Crippen molar-refractivity contribution in [2.45, 2.75) is 18.9 Å². The second-order valence-electron chi connectivity index (χ2n) is 4.20. The quantitative estimate of drug-likeness (QED) is 0.848. The molecule has 18 heavy (non-hydrogen) atoms. The first-order valence-corrected chi connectivity index (χ1v) is 6.01. The van der Waals surface area contributed by atoms with E-state index in [1.54, 1.807) is 32.4 Å². The van der Waals surface area contributed by atoms with Crippen LogP contribution in [0.3, 0.4) is 0 Å². The minimum absolute atomic E-state index is 0.0287. The number of amides is 1. The molecule has 5 nitrogen and oxygen atoms in total. The van der Waals surface area contributed by atoms with Crippen LogP contribution < -0.4 is 20.1 Å². The van der Waals surface area contributed by atoms with Crippen molar-refractivity contribution < 1.29 is 14.3 Å². The molecule has 0 radical (unpaired) electrons. The summed E-state index contributed by atoms with van der Waals surface area (Å²) in [4.78, 5) is 12.0. The zero-order chi connectivity index (χ0) is 13.0. The van der Waals surface area contributed by atoms with Gasteiger partial charge in [-0.3, -0.25) is 4.79 Å². The van der Waals surface area contributed by atoms with Gasteiger partial charge in [0.15, 0.2) is 0 Å². The van der Waals surface area contributed by atoms with Crippen molar-refractivity contribution in [2.24, 2.45) is 0 Å². The lowest BCUT2D eigenvalue weighted by Crippen LogP contribution is -2.35. The minimum atomic E-state index is -0.110. The molecule has 5 heteroatoms. The molecular formula is C13H18N2O3. The van der Waals surface area contributed by atoms with Crippen molar-refractivity contribution in [2.75, 3.05) is 26.1 Å². The zero-order valence-electron chi connectivity index (χ0n) is 10.7. The average Bonchev–Trinajstić information content (AvgIpc) is 2.92. The topological polar surface area (TPSA) is 59.6 Å². The standard InChI is InChI=1S/C13H18N2O3/c1-17-9-5-6-12(18-2)11(8-9)15-13(16)10-4-3-7-14-10/h5-6,8,10,14H,3-4,7H2,1-2H3,(H,15,16)/t10-/m1/s1. The Balaban J connectivity index is 2.13. The summed E-state index contributed by atoms with van der Waals surface area (Å²) in [5.74, 6) is 1.28. The van der Waals surface area contributed by atoms with E-state index in [9.17, 15) is 4.79 Å². The van der Waals surface area contributed by atoms with Gasteiger partial charge in [-0.2, -0.15) is 0 Å². The summed E-state index contributed by atoms with van der Waals surface area (Å²) in [6.07, 6.45) is 1.91. The molecule has 1 amide bonds. The molecule has 0 spiro atoms. The summed E-state index contributed by atoms with van der Waals surface area (Å²) in [6, 6.07) is 5.21. The van der Waals surface area contributed by atoms with Crippen molar-refractivity contribution in [1.29, 1.82) is 0 Å². The van der Waals surface area contributed by atoms with Crippen LogP contribution in [0.5, 0.6) is 11.5 Å². The number of rotatable bonds is 4. The highest BCUT2D eigenvalue weighted by Crippen LogP contribution is 2.29. The third-order valence-electron chi connectivity index (χ3n) is 3.04. The van der Waals surface area contributed by atoms with Gasteiger partial charge in [0.1, 0.15) is 11.5 Å². The Morgan fingerprint density at radius 2 is 2.22 bits per heavy atom. The molecule has 1 aromatic rings. The van der Waals surface area contributed by atoms with Crippen LogP contribution in [0.25, 0.3) is 0 Å². The van der Waals surface area contributed by atoms with E-state index in [4.69, 9.17) is 9.47 Å². The van der Waals surface area contributed by atoms with Gasteiger partial charge in [0, 0.05) is 6.07 Å². The maximum atomic E-state index is 12.0. The van der Waals surface area contributed by atoms with Crippen LogP contribution in [0.2, 0.25) is 0 Å². The van der Waals surface area contributed by atoms with Gasteiger partial charge in [0.2, 0.25) is 5.91 Å². The zero-order valence-corrected chi connectivity index (χ0v) is 10.7. The van der Waals surface area contributed by atoms with Crippen LogP contribution in [-0.2, 0) is 4.79 Å². The Hall–Kier alpha value is -1.75. The number of hydrogen-bond donors (Lipinski definition) is 2. The minimum Gasteiger partial charge on any atom is -0.497 e. The fourth-order valence-electron chi connectivity index (χ4n) is 2.04. The summed E-state index contributed by atoms with van der Waals surface area (Å²) in [7, 11) is 3.16. The van der Waals surface area contributed by atoms with E-state index in [1.165, 1.54) is 0 Å². The van der Waals surface area contributed by atoms with Gasteiger partial charge in [0.05, 0.1) is 25.9 Å². The van der Waals surface area contributed by atoms with E-state index in [0.29, 0.717) is 17.2 Å². The number of methoxy groups -OCH3 is 2. The SMILES string of the molecule is COc1ccc(OC)c(NC(=O)[C@H]2CCCN2)c1. The third kappa shape index (κ3) is 2.73. The Morgan fingerprint density at radius 1 is 1.39 bits per heavy atom. The lowest BCUT2D eigenvalue weighted by atomic mass is 10.2. The number of benzene rings is 1. The fraction of sp³-hybridized carbons (Fsp3) is 0.462. The Kier molecular flexibility index (Phi) is 4.04. The fourth-order valence-corrected chi connectivity index (χ4v) is 2.04. The summed E-state index contributed by atoms with van der Waals surface area (Å²) in [6.45, 7) is 0.896. The van der Waals surface area contributed by atoms with Gasteiger partial charge in [0.25, 0.3) is 0 Å². The van der Waals surface area contributed by atoms with Crippen molar-refractivity contribution in [1.82, 2.24) is 5.32 Å². The van der Waals surface area contributed by atoms with E-state index in [2.05, 4.69) is 10.6 Å². The van der Waals surface area contributed by atoms with Gasteiger partial charge in [-0.15, -0.1) is 0 Å². The first-order valence-electron chi connectivity index (χ1n) is 6.01. The number of nitrogens with one attached hydrogen (secondary N) is 2. The van der Waals surface area contributed by atoms with Gasteiger partial charge >= 0.3 is 0 Å². The lowest BCUT2D eigenvalue weighted by molar-refractivity contribution is -0.117. The molecule has 0 aromatic heterocycles. The molecule has 1 atom stereocenters. The molecule has 2 N–H and O–H groups in total. The monoisotopic (exact) mass is 250 g/mol. The van der Waals surface area contributed by atoms with E-state index in [-0.39, 0.29) is 11.9 Å². The van der Waals surface area contributed by atoms with Crippen molar-refractivity contribution in [3.8, 4) is 11.5 Å². The number of anilines is 1. The second-order valence-corrected chi connectivity index (χ2v) is 4.20. The van der Waals surface area contributed by atoms with Gasteiger partial charge in [-0.25, -0.2) is 0 Å². The van der Waals surface area contributed by atoms with Gasteiger partial charge in [-0.05, 0) is 31.5 Å². The predicted octanol–water partition coefficient (Wildman–Crippen LogP) is 1.39. The van der Waals surface area contributed by atoms with E-state index >= 15 is 0 Å². The molecule has 1 aliphatic heterocycles. The number of carbonyl (C=O) groups excluding carboxylic acids is 1. The van der Waals surface area contributed by atoms with E-state index in [0.717, 1.165) is 19.4 Å². The van der Waals surface area contributed by atoms with Gasteiger partial charge < -0.3 is 20.1 Å². The Labute approximate surface area is 106 Å². The molecule has 1 aromatic carbocycles. The molecule has 0 bridgehead atoms. The Morgan fingerprint density at radius 3 is 2.83 bits per heavy atom. The molecule has 0 unspecified atom stereocenters. The van der Waals surface area contributed by atoms with Crippen LogP contribution in [0, 0.1) is 0 Å². The van der Waals surface area contributed by atoms with Crippen LogP contribution in [-0.4, -0.2) is 32.7 Å². The number of carbonyl (C=O) groups is 1. The van der Waals surface area contributed by atoms with Crippen LogP contribution in [0.4, 0.5) is 5.69 Å². The summed E-state index contributed by atoms with van der Waals surface area (Å²) in [5.41, 5.74) is 0.635. The maximum absolute atomic E-state index is 12.0. The maximum Gasteiger partial charge on any atom is 0.241 e. The third-order valence-corrected chi connectivity index (χ3v) is 3.04. The smallest absolute Gasteiger partial charge is 0.241 e. The highest BCUT2D eigenvalue weighted by atomic mass is 16.5. The normalized spacial score (nSPS) is 18.4. The lowest BCUT2D eigenvalue weighted by Gasteiger charge is -2.14. The molecule has 1 saturated heterocycles. The highest BCUT2D eigenvalue weighted by molar-refractivity contribution is 5.96. The molecule has 1 fully saturated rings. The second kappa shape index (κ2) is 5.73. The first kappa shape index (κ1) is 12.7. The van der Waals surface area contributed by atoms with Crippen molar-refractivity contribution >= 4 is 11.6 Å². The largest absolute Gasteiger partial charge is 0.497 e. The van der Waals surface area contributed by atoms with Crippen LogP contribution in [0.1, 0.15) is 12.8 Å². The van der Waals surface area contributed by atoms with Crippen molar-refractivity contribution in [3.63, 3.8) is 0 Å². The van der Waals surface area contributed by atoms with Crippen LogP contribution in [0.15, 0.2) is 18.2 Å². The number of hydrogen-bond acceptors (Lipinski definition) is 4. The average molecular weight is 250 g/mol. The molecule has 0 aliphatic carbocycles. The predicted molar refractivity (Wildman–Crippen MR) is 69.2 cm³/mol. The van der Waals surface area contributed by atoms with E-state index in [1.807, 2.05) is 0 Å². The Bertz CT molecular complexity index is 428. The molecule has 0 saturated carbocycles. The highest BCUT2D eigenvalue weighted by Gasteiger charge is 2.22. The molecule has 1 heterocycles.